The van der Waals surface area contributed by atoms with Gasteiger partial charge in [-0.1, -0.05) is 6.92 Å². The Labute approximate surface area is 90.3 Å². The Bertz CT molecular complexity index is 160. The third-order valence-corrected chi connectivity index (χ3v) is 4.22. The van der Waals surface area contributed by atoms with Crippen LogP contribution in [-0.2, 0) is 0 Å². The molecule has 0 aliphatic carbocycles. The molecule has 0 bridgehead atoms. The summed E-state index contributed by atoms with van der Waals surface area (Å²) < 4.78 is 0. The van der Waals surface area contributed by atoms with Crippen molar-refractivity contribution in [2.24, 2.45) is 0 Å². The first-order valence-corrected chi connectivity index (χ1v) is 6.37. The van der Waals surface area contributed by atoms with Crippen molar-refractivity contribution in [3.63, 3.8) is 0 Å². The molecule has 0 saturated carbocycles. The molecule has 0 aromatic carbocycles. The van der Waals surface area contributed by atoms with E-state index in [-0.39, 0.29) is 6.61 Å². The second-order valence-corrected chi connectivity index (χ2v) is 5.53. The van der Waals surface area contributed by atoms with Crippen LogP contribution in [0, 0.1) is 0 Å². The molecule has 1 saturated heterocycles. The first-order valence-electron chi connectivity index (χ1n) is 5.32. The third kappa shape index (κ3) is 4.17. The molecule has 0 aromatic heterocycles. The number of aliphatic hydroxyl groups excluding tert-OH is 1. The largest absolute Gasteiger partial charge is 0.396 e. The quantitative estimate of drug-likeness (QED) is 0.634. The highest BCUT2D eigenvalue weighted by Gasteiger charge is 2.29. The van der Waals surface area contributed by atoms with E-state index in [1.807, 2.05) is 0 Å². The molecule has 0 amide bonds. The van der Waals surface area contributed by atoms with Gasteiger partial charge in [0.1, 0.15) is 0 Å². The number of nitrogens with one attached hydrogen (secondary N) is 1. The summed E-state index contributed by atoms with van der Waals surface area (Å²) in [6.07, 6.45) is 2.52. The van der Waals surface area contributed by atoms with Crippen LogP contribution in [0.4, 0.5) is 0 Å². The van der Waals surface area contributed by atoms with E-state index in [0.29, 0.717) is 5.25 Å². The fraction of sp³-hybridized carbons (Fsp3) is 1.00. The van der Waals surface area contributed by atoms with Crippen LogP contribution in [0.5, 0.6) is 0 Å². The van der Waals surface area contributed by atoms with Gasteiger partial charge in [0, 0.05) is 17.6 Å². The first kappa shape index (κ1) is 12.3. The van der Waals surface area contributed by atoms with Gasteiger partial charge in [-0.25, -0.2) is 0 Å². The van der Waals surface area contributed by atoms with Gasteiger partial charge in [-0.05, 0) is 32.4 Å². The van der Waals surface area contributed by atoms with Crippen LogP contribution in [0.2, 0.25) is 0 Å². The second-order valence-electron chi connectivity index (χ2n) is 4.11. The van der Waals surface area contributed by atoms with E-state index in [9.17, 15) is 5.11 Å². The van der Waals surface area contributed by atoms with Crippen molar-refractivity contribution in [2.75, 3.05) is 25.4 Å². The van der Waals surface area contributed by atoms with E-state index in [0.717, 1.165) is 38.1 Å². The molecule has 4 heteroatoms. The van der Waals surface area contributed by atoms with Crippen LogP contribution >= 0.6 is 11.8 Å². The van der Waals surface area contributed by atoms with Crippen molar-refractivity contribution < 1.29 is 10.2 Å². The summed E-state index contributed by atoms with van der Waals surface area (Å²) in [5.41, 5.74) is -0.473. The molecule has 1 atom stereocenters. The van der Waals surface area contributed by atoms with Crippen molar-refractivity contribution in [1.29, 1.82) is 0 Å². The summed E-state index contributed by atoms with van der Waals surface area (Å²) >= 11 is 1.77. The topological polar surface area (TPSA) is 52.5 Å². The predicted molar refractivity (Wildman–Crippen MR) is 60.7 cm³/mol. The number of rotatable bonds is 5. The van der Waals surface area contributed by atoms with Gasteiger partial charge in [0.05, 0.1) is 5.60 Å². The number of piperidine rings is 1. The van der Waals surface area contributed by atoms with Gasteiger partial charge in [0.2, 0.25) is 0 Å². The number of aliphatic hydroxyl groups is 2. The molecule has 0 aromatic rings. The third-order valence-electron chi connectivity index (χ3n) is 2.71. The molecule has 3 N–H and O–H groups in total. The number of hydrogen-bond donors (Lipinski definition) is 3. The van der Waals surface area contributed by atoms with Crippen LogP contribution in [0.1, 0.15) is 26.2 Å². The standard InChI is InChI=1S/C10H21NO2S/c1-9(2-7-12)14-8-10(13)3-5-11-6-4-10/h9,11-13H,2-8H2,1H3. The molecule has 1 aliphatic rings. The van der Waals surface area contributed by atoms with Crippen molar-refractivity contribution in [2.45, 2.75) is 37.0 Å². The van der Waals surface area contributed by atoms with Crippen molar-refractivity contribution >= 4 is 11.8 Å². The highest BCUT2D eigenvalue weighted by atomic mass is 32.2. The summed E-state index contributed by atoms with van der Waals surface area (Å²) in [5, 5.41) is 22.6. The minimum absolute atomic E-state index is 0.244. The molecule has 1 aliphatic heterocycles. The summed E-state index contributed by atoms with van der Waals surface area (Å²) in [4.78, 5) is 0. The Morgan fingerprint density at radius 3 is 2.64 bits per heavy atom. The van der Waals surface area contributed by atoms with Crippen LogP contribution in [0.25, 0.3) is 0 Å². The molecular formula is C10H21NO2S. The SMILES string of the molecule is CC(CCO)SCC1(O)CCNCC1. The zero-order chi connectivity index (χ0) is 10.4. The highest BCUT2D eigenvalue weighted by molar-refractivity contribution is 7.99. The number of hydrogen-bond acceptors (Lipinski definition) is 4. The molecule has 0 radical (unpaired) electrons. The summed E-state index contributed by atoms with van der Waals surface area (Å²) in [7, 11) is 0. The second kappa shape index (κ2) is 5.95. The maximum atomic E-state index is 10.2. The minimum Gasteiger partial charge on any atom is -0.396 e. The predicted octanol–water partition coefficient (Wildman–Crippen LogP) is 0.605. The fourth-order valence-electron chi connectivity index (χ4n) is 1.60. The van der Waals surface area contributed by atoms with Gasteiger partial charge < -0.3 is 15.5 Å². The van der Waals surface area contributed by atoms with E-state index in [1.165, 1.54) is 0 Å². The van der Waals surface area contributed by atoms with Crippen LogP contribution in [0.3, 0.4) is 0 Å². The van der Waals surface area contributed by atoms with E-state index >= 15 is 0 Å². The smallest absolute Gasteiger partial charge is 0.0762 e. The van der Waals surface area contributed by atoms with Gasteiger partial charge >= 0.3 is 0 Å². The summed E-state index contributed by atoms with van der Waals surface area (Å²) in [6, 6.07) is 0. The molecule has 1 heterocycles. The molecule has 3 nitrogen and oxygen atoms in total. The number of thioether (sulfide) groups is 1. The molecule has 1 fully saturated rings. The average molecular weight is 219 g/mol. The monoisotopic (exact) mass is 219 g/mol. The molecule has 84 valence electrons. The van der Waals surface area contributed by atoms with Crippen LogP contribution in [0.15, 0.2) is 0 Å². The molecule has 0 spiro atoms. The lowest BCUT2D eigenvalue weighted by atomic mass is 9.95. The van der Waals surface area contributed by atoms with Gasteiger partial charge in [0.25, 0.3) is 0 Å². The summed E-state index contributed by atoms with van der Waals surface area (Å²) in [6.45, 7) is 4.19. The van der Waals surface area contributed by atoms with Crippen molar-refractivity contribution in [3.8, 4) is 0 Å². The minimum atomic E-state index is -0.473. The lowest BCUT2D eigenvalue weighted by Gasteiger charge is -2.33. The molecular weight excluding hydrogens is 198 g/mol. The normalized spacial score (nSPS) is 23.4. The zero-order valence-corrected chi connectivity index (χ0v) is 9.65. The van der Waals surface area contributed by atoms with E-state index in [1.54, 1.807) is 11.8 Å². The van der Waals surface area contributed by atoms with E-state index in [4.69, 9.17) is 5.11 Å². The molecule has 1 rings (SSSR count). The molecule has 1 unspecified atom stereocenters. The summed E-state index contributed by atoms with van der Waals surface area (Å²) in [5.74, 6) is 0.801. The maximum Gasteiger partial charge on any atom is 0.0762 e. The average Bonchev–Trinajstić information content (AvgIpc) is 2.17. The van der Waals surface area contributed by atoms with Gasteiger partial charge in [0.15, 0.2) is 0 Å². The lowest BCUT2D eigenvalue weighted by Crippen LogP contribution is -2.44. The van der Waals surface area contributed by atoms with E-state index < -0.39 is 5.60 Å². The zero-order valence-electron chi connectivity index (χ0n) is 8.83. The Morgan fingerprint density at radius 2 is 2.07 bits per heavy atom. The van der Waals surface area contributed by atoms with E-state index in [2.05, 4.69) is 12.2 Å². The van der Waals surface area contributed by atoms with Crippen LogP contribution in [-0.4, -0.2) is 46.5 Å². The Morgan fingerprint density at radius 1 is 1.43 bits per heavy atom. The Hall–Kier alpha value is 0.230. The van der Waals surface area contributed by atoms with Crippen LogP contribution < -0.4 is 5.32 Å². The van der Waals surface area contributed by atoms with Gasteiger partial charge in [-0.15, -0.1) is 0 Å². The van der Waals surface area contributed by atoms with Gasteiger partial charge in [-0.3, -0.25) is 0 Å². The molecule has 14 heavy (non-hydrogen) atoms. The highest BCUT2D eigenvalue weighted by Crippen LogP contribution is 2.26. The Kier molecular flexibility index (Phi) is 5.23. The van der Waals surface area contributed by atoms with Gasteiger partial charge in [-0.2, -0.15) is 11.8 Å². The van der Waals surface area contributed by atoms with Crippen molar-refractivity contribution in [3.05, 3.63) is 0 Å². The first-order chi connectivity index (χ1) is 6.66. The lowest BCUT2D eigenvalue weighted by molar-refractivity contribution is 0.0338. The fourth-order valence-corrected chi connectivity index (χ4v) is 2.75. The van der Waals surface area contributed by atoms with Crippen molar-refractivity contribution in [1.82, 2.24) is 5.32 Å². The maximum absolute atomic E-state index is 10.2. The Balaban J connectivity index is 2.21.